The van der Waals surface area contributed by atoms with Crippen molar-refractivity contribution in [1.29, 1.82) is 0 Å². The molecule has 0 aliphatic rings. The number of anilines is 1. The SMILES string of the molecule is CCOC(=O)c1ccc(NC(=O)c2cc(I)cc(I)c2O)cc1. The van der Waals surface area contributed by atoms with E-state index in [-0.39, 0.29) is 11.3 Å². The third-order valence-corrected chi connectivity index (χ3v) is 4.37. The highest BCUT2D eigenvalue weighted by atomic mass is 127. The number of phenols is 1. The normalized spacial score (nSPS) is 10.2. The van der Waals surface area contributed by atoms with Crippen LogP contribution in [0.25, 0.3) is 0 Å². The molecule has 0 radical (unpaired) electrons. The second-order valence-electron chi connectivity index (χ2n) is 4.54. The van der Waals surface area contributed by atoms with Crippen molar-refractivity contribution in [2.75, 3.05) is 11.9 Å². The van der Waals surface area contributed by atoms with Crippen molar-refractivity contribution >= 4 is 62.7 Å². The predicted molar refractivity (Wildman–Crippen MR) is 104 cm³/mol. The summed E-state index contributed by atoms with van der Waals surface area (Å²) in [4.78, 5) is 23.9. The molecule has 0 bridgehead atoms. The molecule has 0 aliphatic heterocycles. The predicted octanol–water partition coefficient (Wildman–Crippen LogP) is 4.03. The van der Waals surface area contributed by atoms with Crippen molar-refractivity contribution < 1.29 is 19.4 Å². The summed E-state index contributed by atoms with van der Waals surface area (Å²) in [6.07, 6.45) is 0. The zero-order valence-corrected chi connectivity index (χ0v) is 16.4. The average molecular weight is 537 g/mol. The van der Waals surface area contributed by atoms with Crippen molar-refractivity contribution in [2.24, 2.45) is 0 Å². The van der Waals surface area contributed by atoms with Crippen LogP contribution in [-0.4, -0.2) is 23.6 Å². The van der Waals surface area contributed by atoms with Crippen LogP contribution in [0.15, 0.2) is 36.4 Å². The third kappa shape index (κ3) is 4.56. The fourth-order valence-corrected chi connectivity index (χ4v) is 3.69. The van der Waals surface area contributed by atoms with Gasteiger partial charge in [-0.25, -0.2) is 4.79 Å². The number of phenolic OH excluding ortho intramolecular Hbond substituents is 1. The van der Waals surface area contributed by atoms with Gasteiger partial charge in [0, 0.05) is 9.26 Å². The lowest BCUT2D eigenvalue weighted by Crippen LogP contribution is -2.13. The van der Waals surface area contributed by atoms with Crippen molar-refractivity contribution in [2.45, 2.75) is 6.92 Å². The number of halogens is 2. The summed E-state index contributed by atoms with van der Waals surface area (Å²) in [5, 5.41) is 12.7. The Balaban J connectivity index is 2.16. The number of aromatic hydroxyl groups is 1. The van der Waals surface area contributed by atoms with Crippen LogP contribution >= 0.6 is 45.2 Å². The Morgan fingerprint density at radius 1 is 1.17 bits per heavy atom. The summed E-state index contributed by atoms with van der Waals surface area (Å²) in [6.45, 7) is 2.05. The Morgan fingerprint density at radius 3 is 2.43 bits per heavy atom. The van der Waals surface area contributed by atoms with Gasteiger partial charge in [0.1, 0.15) is 5.75 Å². The molecule has 0 saturated carbocycles. The fraction of sp³-hybridized carbons (Fsp3) is 0.125. The Hall–Kier alpha value is -1.36. The molecule has 0 heterocycles. The van der Waals surface area contributed by atoms with Crippen LogP contribution in [0, 0.1) is 7.14 Å². The average Bonchev–Trinajstić information content (AvgIpc) is 2.51. The first kappa shape index (κ1) is 18.0. The molecule has 2 aromatic rings. The molecule has 0 atom stereocenters. The maximum Gasteiger partial charge on any atom is 0.338 e. The van der Waals surface area contributed by atoms with E-state index in [1.807, 2.05) is 22.6 Å². The molecule has 0 unspecified atom stereocenters. The monoisotopic (exact) mass is 537 g/mol. The summed E-state index contributed by atoms with van der Waals surface area (Å²) in [6, 6.07) is 9.76. The smallest absolute Gasteiger partial charge is 0.338 e. The molecule has 5 nitrogen and oxygen atoms in total. The first-order valence-electron chi connectivity index (χ1n) is 6.69. The number of rotatable bonds is 4. The summed E-state index contributed by atoms with van der Waals surface area (Å²) in [5.41, 5.74) is 1.14. The highest BCUT2D eigenvalue weighted by Gasteiger charge is 2.15. The zero-order valence-electron chi connectivity index (χ0n) is 12.1. The fourth-order valence-electron chi connectivity index (χ4n) is 1.84. The maximum atomic E-state index is 12.3. The summed E-state index contributed by atoms with van der Waals surface area (Å²) < 4.78 is 6.36. The minimum absolute atomic E-state index is 0.0494. The van der Waals surface area contributed by atoms with E-state index in [1.165, 1.54) is 0 Å². The Kier molecular flexibility index (Phi) is 6.22. The third-order valence-electron chi connectivity index (χ3n) is 2.93. The van der Waals surface area contributed by atoms with Gasteiger partial charge in [0.2, 0.25) is 0 Å². The van der Waals surface area contributed by atoms with Gasteiger partial charge in [0.15, 0.2) is 0 Å². The number of carbonyl (C=O) groups excluding carboxylic acids is 2. The number of amides is 1. The van der Waals surface area contributed by atoms with E-state index in [1.54, 1.807) is 43.3 Å². The molecule has 120 valence electrons. The number of hydrogen-bond acceptors (Lipinski definition) is 4. The van der Waals surface area contributed by atoms with Crippen molar-refractivity contribution in [1.82, 2.24) is 0 Å². The number of ether oxygens (including phenoxy) is 1. The van der Waals surface area contributed by atoms with Crippen molar-refractivity contribution in [3.8, 4) is 5.75 Å². The molecular formula is C16H13I2NO4. The standard InChI is InChI=1S/C16H13I2NO4/c1-2-23-16(22)9-3-5-11(6-4-9)19-15(21)12-7-10(17)8-13(18)14(12)20/h3-8,20H,2H2,1H3,(H,19,21). The maximum absolute atomic E-state index is 12.3. The van der Waals surface area contributed by atoms with E-state index >= 15 is 0 Å². The molecule has 0 saturated heterocycles. The van der Waals surface area contributed by atoms with E-state index in [0.717, 1.165) is 3.57 Å². The highest BCUT2D eigenvalue weighted by Crippen LogP contribution is 2.27. The van der Waals surface area contributed by atoms with Gasteiger partial charge in [0.05, 0.1) is 21.3 Å². The lowest BCUT2D eigenvalue weighted by molar-refractivity contribution is 0.0526. The van der Waals surface area contributed by atoms with Crippen LogP contribution < -0.4 is 5.32 Å². The molecule has 0 aromatic heterocycles. The van der Waals surface area contributed by atoms with E-state index < -0.39 is 11.9 Å². The number of nitrogens with one attached hydrogen (secondary N) is 1. The molecule has 7 heteroatoms. The van der Waals surface area contributed by atoms with E-state index in [0.29, 0.717) is 21.4 Å². The molecule has 0 fully saturated rings. The van der Waals surface area contributed by atoms with Crippen LogP contribution in [0.4, 0.5) is 5.69 Å². The van der Waals surface area contributed by atoms with Gasteiger partial charge in [-0.1, -0.05) is 0 Å². The van der Waals surface area contributed by atoms with Gasteiger partial charge in [-0.3, -0.25) is 4.79 Å². The molecule has 2 rings (SSSR count). The van der Waals surface area contributed by atoms with E-state index in [9.17, 15) is 14.7 Å². The Bertz CT molecular complexity index is 744. The van der Waals surface area contributed by atoms with Crippen LogP contribution in [0.1, 0.15) is 27.6 Å². The number of carbonyl (C=O) groups is 2. The topological polar surface area (TPSA) is 75.6 Å². The van der Waals surface area contributed by atoms with Crippen molar-refractivity contribution in [3.05, 3.63) is 54.7 Å². The molecule has 1 amide bonds. The second-order valence-corrected chi connectivity index (χ2v) is 6.94. The van der Waals surface area contributed by atoms with E-state index in [2.05, 4.69) is 27.9 Å². The number of hydrogen-bond donors (Lipinski definition) is 2. The summed E-state index contributed by atoms with van der Waals surface area (Å²) >= 11 is 4.06. The lowest BCUT2D eigenvalue weighted by Gasteiger charge is -2.09. The van der Waals surface area contributed by atoms with Gasteiger partial charge in [-0.05, 0) is 88.5 Å². The van der Waals surface area contributed by atoms with Gasteiger partial charge in [-0.2, -0.15) is 0 Å². The van der Waals surface area contributed by atoms with Crippen LogP contribution in [0.2, 0.25) is 0 Å². The number of esters is 1. The first-order chi connectivity index (χ1) is 10.9. The molecule has 23 heavy (non-hydrogen) atoms. The first-order valence-corrected chi connectivity index (χ1v) is 8.84. The largest absolute Gasteiger partial charge is 0.506 e. The molecule has 0 spiro atoms. The molecule has 2 N–H and O–H groups in total. The molecular weight excluding hydrogens is 524 g/mol. The number of benzene rings is 2. The highest BCUT2D eigenvalue weighted by molar-refractivity contribution is 14.1. The second kappa shape index (κ2) is 7.95. The molecule has 0 aliphatic carbocycles. The van der Waals surface area contributed by atoms with Crippen LogP contribution in [-0.2, 0) is 4.74 Å². The minimum atomic E-state index is -0.414. The molecule has 2 aromatic carbocycles. The van der Waals surface area contributed by atoms with Crippen LogP contribution in [0.3, 0.4) is 0 Å². The Morgan fingerprint density at radius 2 is 1.83 bits per heavy atom. The van der Waals surface area contributed by atoms with Crippen LogP contribution in [0.5, 0.6) is 5.75 Å². The lowest BCUT2D eigenvalue weighted by atomic mass is 10.1. The van der Waals surface area contributed by atoms with Gasteiger partial charge >= 0.3 is 5.97 Å². The van der Waals surface area contributed by atoms with Crippen molar-refractivity contribution in [3.63, 3.8) is 0 Å². The quantitative estimate of drug-likeness (QED) is 0.457. The summed E-state index contributed by atoms with van der Waals surface area (Å²) in [7, 11) is 0. The zero-order chi connectivity index (χ0) is 17.0. The van der Waals surface area contributed by atoms with Gasteiger partial charge in [-0.15, -0.1) is 0 Å². The van der Waals surface area contributed by atoms with E-state index in [4.69, 9.17) is 4.74 Å². The van der Waals surface area contributed by atoms with Gasteiger partial charge < -0.3 is 15.2 Å². The van der Waals surface area contributed by atoms with Gasteiger partial charge in [0.25, 0.3) is 5.91 Å². The summed E-state index contributed by atoms with van der Waals surface area (Å²) in [5.74, 6) is -0.871. The minimum Gasteiger partial charge on any atom is -0.506 e. The Labute approximate surface area is 160 Å².